The summed E-state index contributed by atoms with van der Waals surface area (Å²) in [4.78, 5) is 0. The number of nitrogens with one attached hydrogen (secondary N) is 1. The van der Waals surface area contributed by atoms with E-state index in [0.717, 1.165) is 36.6 Å². The van der Waals surface area contributed by atoms with Crippen molar-refractivity contribution in [2.75, 3.05) is 13.7 Å². The quantitative estimate of drug-likeness (QED) is 0.720. The van der Waals surface area contributed by atoms with Gasteiger partial charge in [-0.1, -0.05) is 42.8 Å². The van der Waals surface area contributed by atoms with E-state index in [9.17, 15) is 0 Å². The van der Waals surface area contributed by atoms with Gasteiger partial charge >= 0.3 is 0 Å². The van der Waals surface area contributed by atoms with E-state index in [-0.39, 0.29) is 12.4 Å². The van der Waals surface area contributed by atoms with E-state index < -0.39 is 0 Å². The van der Waals surface area contributed by atoms with Crippen LogP contribution in [0.2, 0.25) is 0 Å². The van der Waals surface area contributed by atoms with Crippen molar-refractivity contribution in [3.8, 4) is 11.5 Å². The SMILES string of the molecule is CCCNCc1ccc(OCc2cccc(C)c2)c(OC)c1.Cl. The minimum atomic E-state index is 0. The Hall–Kier alpha value is -1.71. The van der Waals surface area contributed by atoms with Crippen LogP contribution in [-0.2, 0) is 13.2 Å². The van der Waals surface area contributed by atoms with E-state index in [4.69, 9.17) is 9.47 Å². The molecule has 1 N–H and O–H groups in total. The lowest BCUT2D eigenvalue weighted by Crippen LogP contribution is -2.13. The molecule has 0 aromatic heterocycles. The number of halogens is 1. The summed E-state index contributed by atoms with van der Waals surface area (Å²) in [5, 5.41) is 3.39. The van der Waals surface area contributed by atoms with Gasteiger partial charge in [0.2, 0.25) is 0 Å². The van der Waals surface area contributed by atoms with Crippen LogP contribution in [0.3, 0.4) is 0 Å². The van der Waals surface area contributed by atoms with E-state index in [0.29, 0.717) is 6.61 Å². The zero-order chi connectivity index (χ0) is 15.8. The minimum absolute atomic E-state index is 0. The van der Waals surface area contributed by atoms with Gasteiger partial charge in [0.25, 0.3) is 0 Å². The molecule has 0 heterocycles. The summed E-state index contributed by atoms with van der Waals surface area (Å²) in [5.74, 6) is 1.56. The highest BCUT2D eigenvalue weighted by atomic mass is 35.5. The monoisotopic (exact) mass is 335 g/mol. The predicted octanol–water partition coefficient (Wildman–Crippen LogP) is 4.50. The second-order valence-corrected chi connectivity index (χ2v) is 5.44. The fraction of sp³-hybridized carbons (Fsp3) is 0.368. The fourth-order valence-corrected chi connectivity index (χ4v) is 2.31. The van der Waals surface area contributed by atoms with Crippen molar-refractivity contribution < 1.29 is 9.47 Å². The first kappa shape index (κ1) is 19.3. The molecule has 0 fully saturated rings. The summed E-state index contributed by atoms with van der Waals surface area (Å²) in [5.41, 5.74) is 3.61. The number of benzene rings is 2. The molecule has 0 aliphatic carbocycles. The van der Waals surface area contributed by atoms with Crippen molar-refractivity contribution in [1.82, 2.24) is 5.32 Å². The number of hydrogen-bond donors (Lipinski definition) is 1. The zero-order valence-electron chi connectivity index (χ0n) is 14.1. The number of hydrogen-bond acceptors (Lipinski definition) is 3. The maximum atomic E-state index is 5.90. The van der Waals surface area contributed by atoms with Gasteiger partial charge in [-0.05, 0) is 43.1 Å². The maximum Gasteiger partial charge on any atom is 0.161 e. The third kappa shape index (κ3) is 6.12. The van der Waals surface area contributed by atoms with Gasteiger partial charge < -0.3 is 14.8 Å². The molecule has 0 aliphatic rings. The first-order valence-corrected chi connectivity index (χ1v) is 7.79. The first-order valence-electron chi connectivity index (χ1n) is 7.79. The molecule has 0 aliphatic heterocycles. The summed E-state index contributed by atoms with van der Waals surface area (Å²) in [6.45, 7) is 6.67. The number of ether oxygens (including phenoxy) is 2. The van der Waals surface area contributed by atoms with Crippen LogP contribution in [0.4, 0.5) is 0 Å². The molecule has 4 heteroatoms. The van der Waals surface area contributed by atoms with Crippen LogP contribution >= 0.6 is 12.4 Å². The minimum Gasteiger partial charge on any atom is -0.493 e. The highest BCUT2D eigenvalue weighted by Gasteiger charge is 2.06. The normalized spacial score (nSPS) is 10.0. The van der Waals surface area contributed by atoms with Crippen molar-refractivity contribution >= 4 is 12.4 Å². The maximum absolute atomic E-state index is 5.90. The van der Waals surface area contributed by atoms with Crippen LogP contribution in [0.5, 0.6) is 11.5 Å². The van der Waals surface area contributed by atoms with Crippen molar-refractivity contribution in [2.45, 2.75) is 33.4 Å². The molecule has 0 spiro atoms. The molecule has 0 saturated carbocycles. The summed E-state index contributed by atoms with van der Waals surface area (Å²) in [6.07, 6.45) is 1.13. The summed E-state index contributed by atoms with van der Waals surface area (Å²) < 4.78 is 11.4. The Bertz CT molecular complexity index is 602. The Morgan fingerprint density at radius 1 is 1.00 bits per heavy atom. The Morgan fingerprint density at radius 2 is 1.83 bits per heavy atom. The van der Waals surface area contributed by atoms with E-state index in [1.54, 1.807) is 7.11 Å². The molecule has 0 amide bonds. The van der Waals surface area contributed by atoms with Crippen LogP contribution in [0, 0.1) is 6.92 Å². The molecule has 2 rings (SSSR count). The van der Waals surface area contributed by atoms with Crippen LogP contribution < -0.4 is 14.8 Å². The summed E-state index contributed by atoms with van der Waals surface area (Å²) in [7, 11) is 1.68. The molecule has 0 saturated heterocycles. The topological polar surface area (TPSA) is 30.5 Å². The molecule has 0 radical (unpaired) electrons. The van der Waals surface area contributed by atoms with Crippen molar-refractivity contribution in [2.24, 2.45) is 0 Å². The van der Waals surface area contributed by atoms with Gasteiger partial charge in [0.1, 0.15) is 6.61 Å². The van der Waals surface area contributed by atoms with Crippen molar-refractivity contribution in [1.29, 1.82) is 0 Å². The molecule has 0 unspecified atom stereocenters. The second-order valence-electron chi connectivity index (χ2n) is 5.44. The lowest BCUT2D eigenvalue weighted by atomic mass is 10.1. The lowest BCUT2D eigenvalue weighted by molar-refractivity contribution is 0.284. The van der Waals surface area contributed by atoms with E-state index in [1.807, 2.05) is 18.2 Å². The molecule has 2 aromatic rings. The highest BCUT2D eigenvalue weighted by Crippen LogP contribution is 2.28. The Morgan fingerprint density at radius 3 is 2.52 bits per heavy atom. The van der Waals surface area contributed by atoms with Gasteiger partial charge in [-0.15, -0.1) is 12.4 Å². The van der Waals surface area contributed by atoms with Crippen LogP contribution in [-0.4, -0.2) is 13.7 Å². The average molecular weight is 336 g/mol. The Labute approximate surface area is 145 Å². The van der Waals surface area contributed by atoms with Crippen LogP contribution in [0.1, 0.15) is 30.0 Å². The lowest BCUT2D eigenvalue weighted by Gasteiger charge is -2.13. The smallest absolute Gasteiger partial charge is 0.161 e. The van der Waals surface area contributed by atoms with Crippen LogP contribution in [0.25, 0.3) is 0 Å². The number of methoxy groups -OCH3 is 1. The molecule has 0 atom stereocenters. The van der Waals surface area contributed by atoms with Crippen molar-refractivity contribution in [3.05, 3.63) is 59.2 Å². The molecule has 23 heavy (non-hydrogen) atoms. The number of aryl methyl sites for hydroxylation is 1. The van der Waals surface area contributed by atoms with Gasteiger partial charge in [-0.3, -0.25) is 0 Å². The van der Waals surface area contributed by atoms with Crippen molar-refractivity contribution in [3.63, 3.8) is 0 Å². The first-order chi connectivity index (χ1) is 10.7. The molecular weight excluding hydrogens is 310 g/mol. The largest absolute Gasteiger partial charge is 0.493 e. The highest BCUT2D eigenvalue weighted by molar-refractivity contribution is 5.85. The fourth-order valence-electron chi connectivity index (χ4n) is 2.31. The van der Waals surface area contributed by atoms with Crippen LogP contribution in [0.15, 0.2) is 42.5 Å². The molecule has 3 nitrogen and oxygen atoms in total. The van der Waals surface area contributed by atoms with Gasteiger partial charge in [0, 0.05) is 6.54 Å². The molecule has 2 aromatic carbocycles. The third-order valence-corrected chi connectivity index (χ3v) is 3.46. The zero-order valence-corrected chi connectivity index (χ0v) is 14.9. The third-order valence-electron chi connectivity index (χ3n) is 3.46. The predicted molar refractivity (Wildman–Crippen MR) is 97.8 cm³/mol. The Kier molecular flexibility index (Phi) is 8.52. The van der Waals surface area contributed by atoms with E-state index in [2.05, 4.69) is 43.4 Å². The average Bonchev–Trinajstić information content (AvgIpc) is 2.53. The molecular formula is C19H26ClNO2. The van der Waals surface area contributed by atoms with Gasteiger partial charge in [-0.2, -0.15) is 0 Å². The Balaban J connectivity index is 0.00000264. The summed E-state index contributed by atoms with van der Waals surface area (Å²) >= 11 is 0. The van der Waals surface area contributed by atoms with E-state index >= 15 is 0 Å². The standard InChI is InChI=1S/C19H25NO2.ClH/c1-4-10-20-13-16-8-9-18(19(12-16)21-3)22-14-17-7-5-6-15(2)11-17;/h5-9,11-12,20H,4,10,13-14H2,1-3H3;1H. The second kappa shape index (κ2) is 10.1. The molecule has 0 bridgehead atoms. The van der Waals surface area contributed by atoms with E-state index in [1.165, 1.54) is 11.1 Å². The number of rotatable bonds is 8. The van der Waals surface area contributed by atoms with Gasteiger partial charge in [0.15, 0.2) is 11.5 Å². The van der Waals surface area contributed by atoms with Gasteiger partial charge in [-0.25, -0.2) is 0 Å². The summed E-state index contributed by atoms with van der Waals surface area (Å²) in [6, 6.07) is 14.4. The molecule has 126 valence electrons. The van der Waals surface area contributed by atoms with Gasteiger partial charge in [0.05, 0.1) is 7.11 Å².